The van der Waals surface area contributed by atoms with E-state index in [4.69, 9.17) is 5.11 Å². The Balaban J connectivity index is 2.34. The first kappa shape index (κ1) is 12.5. The van der Waals surface area contributed by atoms with Gasteiger partial charge in [-0.2, -0.15) is 0 Å². The van der Waals surface area contributed by atoms with Gasteiger partial charge in [0.05, 0.1) is 16.9 Å². The van der Waals surface area contributed by atoms with E-state index in [0.29, 0.717) is 5.00 Å². The molecular weight excluding hydrogens is 250 g/mol. The van der Waals surface area contributed by atoms with Gasteiger partial charge in [-0.1, -0.05) is 13.8 Å². The van der Waals surface area contributed by atoms with Gasteiger partial charge in [0.2, 0.25) is 0 Å². The Bertz CT molecular complexity index is 552. The average molecular weight is 263 g/mol. The van der Waals surface area contributed by atoms with Gasteiger partial charge >= 0.3 is 5.97 Å². The van der Waals surface area contributed by atoms with Crippen molar-refractivity contribution in [2.24, 2.45) is 0 Å². The van der Waals surface area contributed by atoms with Crippen LogP contribution in [0.2, 0.25) is 0 Å². The molecule has 0 aliphatic carbocycles. The van der Waals surface area contributed by atoms with Crippen LogP contribution in [0.5, 0.6) is 0 Å². The van der Waals surface area contributed by atoms with E-state index in [1.807, 2.05) is 19.9 Å². The number of pyridine rings is 1. The van der Waals surface area contributed by atoms with E-state index in [0.717, 1.165) is 10.7 Å². The van der Waals surface area contributed by atoms with Crippen molar-refractivity contribution in [1.29, 1.82) is 0 Å². The van der Waals surface area contributed by atoms with Crippen LogP contribution < -0.4 is 5.32 Å². The summed E-state index contributed by atoms with van der Waals surface area (Å²) < 4.78 is 0. The van der Waals surface area contributed by atoms with E-state index in [1.165, 1.54) is 11.3 Å². The van der Waals surface area contributed by atoms with E-state index in [-0.39, 0.29) is 11.6 Å². The smallest absolute Gasteiger partial charge is 0.357 e. The van der Waals surface area contributed by atoms with E-state index in [9.17, 15) is 4.79 Å². The van der Waals surface area contributed by atoms with Gasteiger partial charge in [0, 0.05) is 12.1 Å². The lowest BCUT2D eigenvalue weighted by atomic mass is 10.2. The molecule has 0 saturated heterocycles. The monoisotopic (exact) mass is 263 g/mol. The van der Waals surface area contributed by atoms with Gasteiger partial charge in [-0.3, -0.25) is 4.98 Å². The highest BCUT2D eigenvalue weighted by atomic mass is 32.1. The van der Waals surface area contributed by atoms with Gasteiger partial charge in [0.15, 0.2) is 5.69 Å². The third kappa shape index (κ3) is 2.65. The van der Waals surface area contributed by atoms with Crippen LogP contribution in [0, 0.1) is 0 Å². The molecule has 2 rings (SSSR count). The summed E-state index contributed by atoms with van der Waals surface area (Å²) in [6.07, 6.45) is 3.30. The van der Waals surface area contributed by atoms with Crippen LogP contribution in [0.3, 0.4) is 0 Å². The van der Waals surface area contributed by atoms with Gasteiger partial charge in [-0.05, 0) is 12.1 Å². The van der Waals surface area contributed by atoms with Crippen LogP contribution >= 0.6 is 11.3 Å². The minimum absolute atomic E-state index is 0.0625. The van der Waals surface area contributed by atoms with Crippen molar-refractivity contribution in [3.05, 3.63) is 35.2 Å². The fourth-order valence-electron chi connectivity index (χ4n) is 1.38. The quantitative estimate of drug-likeness (QED) is 0.886. The standard InChI is InChI=1S/C12H13N3O2S/c1-7(2)10-15-9(12(16)17)11(18-10)14-8-4-3-5-13-6-8/h3-7,14H,1-2H3,(H,16,17). The highest BCUT2D eigenvalue weighted by molar-refractivity contribution is 7.16. The molecule has 0 bridgehead atoms. The summed E-state index contributed by atoms with van der Waals surface area (Å²) in [4.78, 5) is 19.2. The Morgan fingerprint density at radius 3 is 2.83 bits per heavy atom. The van der Waals surface area contributed by atoms with Crippen LogP contribution in [-0.2, 0) is 0 Å². The van der Waals surface area contributed by atoms with E-state index in [2.05, 4.69) is 15.3 Å². The Kier molecular flexibility index (Phi) is 3.57. The maximum absolute atomic E-state index is 11.1. The lowest BCUT2D eigenvalue weighted by Gasteiger charge is -2.02. The lowest BCUT2D eigenvalue weighted by molar-refractivity contribution is 0.0692. The van der Waals surface area contributed by atoms with E-state index >= 15 is 0 Å². The molecule has 0 atom stereocenters. The molecule has 0 aromatic carbocycles. The molecule has 0 spiro atoms. The zero-order valence-corrected chi connectivity index (χ0v) is 10.9. The average Bonchev–Trinajstić information content (AvgIpc) is 2.74. The second-order valence-electron chi connectivity index (χ2n) is 4.06. The molecular formula is C12H13N3O2S. The zero-order chi connectivity index (χ0) is 13.1. The molecule has 5 nitrogen and oxygen atoms in total. The van der Waals surface area contributed by atoms with Gasteiger partial charge < -0.3 is 10.4 Å². The van der Waals surface area contributed by atoms with E-state index < -0.39 is 5.97 Å². The van der Waals surface area contributed by atoms with Crippen LogP contribution in [-0.4, -0.2) is 21.0 Å². The number of hydrogen-bond donors (Lipinski definition) is 2. The molecule has 2 aromatic rings. The molecule has 94 valence electrons. The molecule has 0 fully saturated rings. The number of anilines is 2. The number of carbonyl (C=O) groups is 1. The van der Waals surface area contributed by atoms with Crippen LogP contribution in [0.4, 0.5) is 10.7 Å². The van der Waals surface area contributed by atoms with Crippen molar-refractivity contribution in [3.63, 3.8) is 0 Å². The van der Waals surface area contributed by atoms with Crippen molar-refractivity contribution in [1.82, 2.24) is 9.97 Å². The first-order valence-corrected chi connectivity index (χ1v) is 6.30. The Morgan fingerprint density at radius 2 is 2.28 bits per heavy atom. The van der Waals surface area contributed by atoms with Crippen molar-refractivity contribution >= 4 is 28.0 Å². The first-order chi connectivity index (χ1) is 8.58. The molecule has 0 amide bonds. The summed E-state index contributed by atoms with van der Waals surface area (Å²) in [5.41, 5.74) is 0.812. The molecule has 2 heterocycles. The molecule has 0 unspecified atom stereocenters. The minimum atomic E-state index is -1.02. The van der Waals surface area contributed by atoms with Crippen molar-refractivity contribution in [2.75, 3.05) is 5.32 Å². The van der Waals surface area contributed by atoms with Crippen LogP contribution in [0.15, 0.2) is 24.5 Å². The van der Waals surface area contributed by atoms with Crippen molar-refractivity contribution in [2.45, 2.75) is 19.8 Å². The fourth-order valence-corrected chi connectivity index (χ4v) is 2.36. The van der Waals surface area contributed by atoms with Gasteiger partial charge in [0.1, 0.15) is 5.00 Å². The Hall–Kier alpha value is -1.95. The number of carboxylic acids is 1. The van der Waals surface area contributed by atoms with Crippen LogP contribution in [0.25, 0.3) is 0 Å². The number of nitrogens with zero attached hydrogens (tertiary/aromatic N) is 2. The molecule has 6 heteroatoms. The zero-order valence-electron chi connectivity index (χ0n) is 10.0. The normalized spacial score (nSPS) is 10.6. The first-order valence-electron chi connectivity index (χ1n) is 5.49. The molecule has 2 aromatic heterocycles. The Labute approximate surface area is 109 Å². The number of carboxylic acid groups (broad SMARTS) is 1. The van der Waals surface area contributed by atoms with Gasteiger partial charge in [-0.25, -0.2) is 9.78 Å². The highest BCUT2D eigenvalue weighted by Gasteiger charge is 2.18. The van der Waals surface area contributed by atoms with Crippen molar-refractivity contribution < 1.29 is 9.90 Å². The SMILES string of the molecule is CC(C)c1nc(C(=O)O)c(Nc2cccnc2)s1. The number of hydrogen-bond acceptors (Lipinski definition) is 5. The number of rotatable bonds is 4. The third-order valence-electron chi connectivity index (χ3n) is 2.26. The predicted molar refractivity (Wildman–Crippen MR) is 70.7 cm³/mol. The van der Waals surface area contributed by atoms with E-state index in [1.54, 1.807) is 18.5 Å². The molecule has 0 radical (unpaired) electrons. The van der Waals surface area contributed by atoms with Crippen LogP contribution in [0.1, 0.15) is 35.3 Å². The molecule has 0 aliphatic heterocycles. The summed E-state index contributed by atoms with van der Waals surface area (Å²) in [6, 6.07) is 3.61. The number of aromatic carboxylic acids is 1. The second-order valence-corrected chi connectivity index (χ2v) is 5.09. The predicted octanol–water partition coefficient (Wildman–Crippen LogP) is 3.10. The molecule has 2 N–H and O–H groups in total. The maximum atomic E-state index is 11.1. The topological polar surface area (TPSA) is 75.1 Å². The number of thiazole rings is 1. The fraction of sp³-hybridized carbons (Fsp3) is 0.250. The second kappa shape index (κ2) is 5.14. The summed E-state index contributed by atoms with van der Waals surface area (Å²) in [6.45, 7) is 3.97. The van der Waals surface area contributed by atoms with Gasteiger partial charge in [0.25, 0.3) is 0 Å². The summed E-state index contributed by atoms with van der Waals surface area (Å²) in [5, 5.41) is 13.5. The molecule has 0 aliphatic rings. The minimum Gasteiger partial charge on any atom is -0.476 e. The number of nitrogens with one attached hydrogen (secondary N) is 1. The largest absolute Gasteiger partial charge is 0.476 e. The molecule has 0 saturated carbocycles. The highest BCUT2D eigenvalue weighted by Crippen LogP contribution is 2.31. The lowest BCUT2D eigenvalue weighted by Crippen LogP contribution is -2.01. The third-order valence-corrected chi connectivity index (χ3v) is 3.53. The summed E-state index contributed by atoms with van der Waals surface area (Å²) >= 11 is 1.36. The summed E-state index contributed by atoms with van der Waals surface area (Å²) in [5.74, 6) is -0.818. The van der Waals surface area contributed by atoms with Gasteiger partial charge in [-0.15, -0.1) is 11.3 Å². The molecule has 18 heavy (non-hydrogen) atoms. The summed E-state index contributed by atoms with van der Waals surface area (Å²) in [7, 11) is 0. The maximum Gasteiger partial charge on any atom is 0.357 e. The Morgan fingerprint density at radius 1 is 1.50 bits per heavy atom. The van der Waals surface area contributed by atoms with Crippen molar-refractivity contribution in [3.8, 4) is 0 Å². The number of aromatic nitrogens is 2.